The van der Waals surface area contributed by atoms with E-state index in [2.05, 4.69) is 5.32 Å². The lowest BCUT2D eigenvalue weighted by molar-refractivity contribution is -0.0388. The summed E-state index contributed by atoms with van der Waals surface area (Å²) in [7, 11) is 0. The predicted molar refractivity (Wildman–Crippen MR) is 43.7 cm³/mol. The Kier molecular flexibility index (Phi) is 3.83. The Labute approximate surface area is 68.1 Å². The van der Waals surface area contributed by atoms with Gasteiger partial charge in [-0.05, 0) is 13.8 Å². The minimum absolute atomic E-state index is 0.264. The third-order valence-corrected chi connectivity index (χ3v) is 1.87. The van der Waals surface area contributed by atoms with Crippen LogP contribution >= 0.6 is 0 Å². The second-order valence-corrected chi connectivity index (χ2v) is 2.65. The average molecular weight is 159 g/mol. The van der Waals surface area contributed by atoms with E-state index < -0.39 is 0 Å². The van der Waals surface area contributed by atoms with E-state index >= 15 is 0 Å². The maximum atomic E-state index is 5.48. The lowest BCUT2D eigenvalue weighted by Gasteiger charge is -2.17. The first-order valence-electron chi connectivity index (χ1n) is 4.32. The van der Waals surface area contributed by atoms with Gasteiger partial charge < -0.3 is 14.8 Å². The number of ether oxygens (including phenoxy) is 2. The molecule has 0 spiro atoms. The van der Waals surface area contributed by atoms with Crippen LogP contribution in [0.3, 0.4) is 0 Å². The van der Waals surface area contributed by atoms with Crippen LogP contribution in [0.4, 0.5) is 0 Å². The number of hydrogen-bond acceptors (Lipinski definition) is 3. The van der Waals surface area contributed by atoms with Gasteiger partial charge in [-0.2, -0.15) is 0 Å². The van der Waals surface area contributed by atoms with E-state index in [0.29, 0.717) is 0 Å². The molecule has 3 heteroatoms. The summed E-state index contributed by atoms with van der Waals surface area (Å²) in [5, 5.41) is 3.24. The third-order valence-electron chi connectivity index (χ3n) is 1.87. The molecule has 0 unspecified atom stereocenters. The molecule has 3 nitrogen and oxygen atoms in total. The van der Waals surface area contributed by atoms with Gasteiger partial charge >= 0.3 is 0 Å². The molecule has 0 saturated carbocycles. The monoisotopic (exact) mass is 159 g/mol. The second-order valence-electron chi connectivity index (χ2n) is 2.65. The first-order chi connectivity index (χ1) is 5.38. The van der Waals surface area contributed by atoms with Gasteiger partial charge in [0.05, 0.1) is 12.2 Å². The molecule has 0 bridgehead atoms. The molecule has 2 atom stereocenters. The Morgan fingerprint density at radius 3 is 1.91 bits per heavy atom. The van der Waals surface area contributed by atoms with Gasteiger partial charge in [-0.25, -0.2) is 0 Å². The number of nitrogens with one attached hydrogen (secondary N) is 1. The van der Waals surface area contributed by atoms with Crippen molar-refractivity contribution in [2.75, 3.05) is 26.3 Å². The summed E-state index contributed by atoms with van der Waals surface area (Å²) in [6.07, 6.45) is 0.528. The van der Waals surface area contributed by atoms with Gasteiger partial charge in [-0.15, -0.1) is 0 Å². The summed E-state index contributed by atoms with van der Waals surface area (Å²) in [5.74, 6) is 0. The minimum atomic E-state index is 0.264. The van der Waals surface area contributed by atoms with E-state index in [1.54, 1.807) is 0 Å². The van der Waals surface area contributed by atoms with Crippen LogP contribution in [0, 0.1) is 0 Å². The van der Waals surface area contributed by atoms with Crippen LogP contribution in [0.15, 0.2) is 0 Å². The van der Waals surface area contributed by atoms with E-state index in [-0.39, 0.29) is 12.2 Å². The van der Waals surface area contributed by atoms with E-state index in [9.17, 15) is 0 Å². The average Bonchev–Trinajstić information content (AvgIpc) is 2.39. The van der Waals surface area contributed by atoms with Gasteiger partial charge in [0.15, 0.2) is 0 Å². The summed E-state index contributed by atoms with van der Waals surface area (Å²) in [5.41, 5.74) is 0. The molecular weight excluding hydrogens is 142 g/mol. The molecule has 1 aliphatic heterocycles. The molecule has 1 rings (SSSR count). The summed E-state index contributed by atoms with van der Waals surface area (Å²) in [4.78, 5) is 0. The van der Waals surface area contributed by atoms with Crippen LogP contribution in [0.1, 0.15) is 13.8 Å². The van der Waals surface area contributed by atoms with Gasteiger partial charge in [0, 0.05) is 26.3 Å². The van der Waals surface area contributed by atoms with E-state index in [1.165, 1.54) is 0 Å². The van der Waals surface area contributed by atoms with E-state index in [0.717, 1.165) is 26.3 Å². The maximum Gasteiger partial charge on any atom is 0.0972 e. The molecule has 11 heavy (non-hydrogen) atoms. The minimum Gasteiger partial charge on any atom is -0.374 e. The lowest BCUT2D eigenvalue weighted by Crippen LogP contribution is -2.29. The fraction of sp³-hybridized carbons (Fsp3) is 1.00. The standard InChI is InChI=1S/C8H17NO2/c1-3-10-7-5-9-6-8(7)11-4-2/h7-9H,3-6H2,1-2H3/t7-,8-/m1/s1. The van der Waals surface area contributed by atoms with Crippen molar-refractivity contribution in [1.82, 2.24) is 5.32 Å². The van der Waals surface area contributed by atoms with Crippen molar-refractivity contribution in [3.05, 3.63) is 0 Å². The van der Waals surface area contributed by atoms with Crippen molar-refractivity contribution in [1.29, 1.82) is 0 Å². The Morgan fingerprint density at radius 2 is 1.55 bits per heavy atom. The summed E-state index contributed by atoms with van der Waals surface area (Å²) in [6.45, 7) is 7.44. The highest BCUT2D eigenvalue weighted by atomic mass is 16.5. The Bertz CT molecular complexity index is 96.3. The van der Waals surface area contributed by atoms with Crippen molar-refractivity contribution >= 4 is 0 Å². The molecule has 1 N–H and O–H groups in total. The molecule has 1 aliphatic rings. The highest BCUT2D eigenvalue weighted by Gasteiger charge is 2.27. The SMILES string of the molecule is CCO[C@@H]1CNC[C@H]1OCC. The van der Waals surface area contributed by atoms with Gasteiger partial charge in [0.25, 0.3) is 0 Å². The highest BCUT2D eigenvalue weighted by molar-refractivity contribution is 4.82. The normalized spacial score (nSPS) is 31.1. The molecule has 0 aromatic heterocycles. The zero-order valence-electron chi connectivity index (χ0n) is 7.30. The van der Waals surface area contributed by atoms with Gasteiger partial charge in [0.2, 0.25) is 0 Å². The molecule has 0 amide bonds. The van der Waals surface area contributed by atoms with Crippen LogP contribution in [0.5, 0.6) is 0 Å². The molecule has 0 aliphatic carbocycles. The van der Waals surface area contributed by atoms with Gasteiger partial charge in [0.1, 0.15) is 0 Å². The summed E-state index contributed by atoms with van der Waals surface area (Å²) in [6, 6.07) is 0. The predicted octanol–water partition coefficient (Wildman–Crippen LogP) is 0.400. The largest absolute Gasteiger partial charge is 0.374 e. The molecular formula is C8H17NO2. The van der Waals surface area contributed by atoms with Crippen LogP contribution in [0.2, 0.25) is 0 Å². The molecule has 0 radical (unpaired) electrons. The van der Waals surface area contributed by atoms with Crippen molar-refractivity contribution in [3.8, 4) is 0 Å². The first kappa shape index (κ1) is 8.97. The summed E-state index contributed by atoms with van der Waals surface area (Å²) >= 11 is 0. The molecule has 1 heterocycles. The lowest BCUT2D eigenvalue weighted by atomic mass is 10.2. The zero-order valence-corrected chi connectivity index (χ0v) is 7.30. The highest BCUT2D eigenvalue weighted by Crippen LogP contribution is 2.08. The molecule has 66 valence electrons. The van der Waals surface area contributed by atoms with Crippen LogP contribution in [-0.4, -0.2) is 38.5 Å². The number of rotatable bonds is 4. The van der Waals surface area contributed by atoms with Crippen molar-refractivity contribution < 1.29 is 9.47 Å². The zero-order chi connectivity index (χ0) is 8.10. The molecule has 1 saturated heterocycles. The molecule has 0 aromatic rings. The number of hydrogen-bond donors (Lipinski definition) is 1. The fourth-order valence-electron chi connectivity index (χ4n) is 1.39. The Balaban J connectivity index is 2.25. The Hall–Kier alpha value is -0.120. The van der Waals surface area contributed by atoms with E-state index in [1.807, 2.05) is 13.8 Å². The molecule has 0 aromatic carbocycles. The van der Waals surface area contributed by atoms with E-state index in [4.69, 9.17) is 9.47 Å². The van der Waals surface area contributed by atoms with Crippen LogP contribution in [-0.2, 0) is 9.47 Å². The van der Waals surface area contributed by atoms with Crippen LogP contribution in [0.25, 0.3) is 0 Å². The van der Waals surface area contributed by atoms with Crippen LogP contribution < -0.4 is 5.32 Å². The summed E-state index contributed by atoms with van der Waals surface area (Å²) < 4.78 is 11.0. The Morgan fingerprint density at radius 1 is 1.09 bits per heavy atom. The maximum absolute atomic E-state index is 5.48. The smallest absolute Gasteiger partial charge is 0.0972 e. The second kappa shape index (κ2) is 4.70. The first-order valence-corrected chi connectivity index (χ1v) is 4.32. The van der Waals surface area contributed by atoms with Gasteiger partial charge in [-0.3, -0.25) is 0 Å². The van der Waals surface area contributed by atoms with Crippen molar-refractivity contribution in [2.24, 2.45) is 0 Å². The topological polar surface area (TPSA) is 30.5 Å². The fourth-order valence-corrected chi connectivity index (χ4v) is 1.39. The van der Waals surface area contributed by atoms with Crippen molar-refractivity contribution in [2.45, 2.75) is 26.1 Å². The molecule has 1 fully saturated rings. The third kappa shape index (κ3) is 2.43. The van der Waals surface area contributed by atoms with Gasteiger partial charge in [-0.1, -0.05) is 0 Å². The quantitative estimate of drug-likeness (QED) is 0.644. The van der Waals surface area contributed by atoms with Crippen molar-refractivity contribution in [3.63, 3.8) is 0 Å².